The standard InChI is InChI=1S/C20H16Cl2N2O2S/c21-15-6-5-14(17(22)11-15)12-26-16-4-1-3-13(9-16)10-18-19(25)24-7-2-8-27-20(24)23-18/h1,3-6,9-11H,2,7-8,12H2/b18-10-. The first kappa shape index (κ1) is 18.4. The third-order valence-corrected chi connectivity index (χ3v) is 5.89. The molecule has 2 heterocycles. The highest BCUT2D eigenvalue weighted by Crippen LogP contribution is 2.28. The summed E-state index contributed by atoms with van der Waals surface area (Å²) >= 11 is 13.7. The first-order valence-electron chi connectivity index (χ1n) is 8.52. The van der Waals surface area contributed by atoms with Crippen LogP contribution in [0.3, 0.4) is 0 Å². The lowest BCUT2D eigenvalue weighted by Gasteiger charge is -2.21. The van der Waals surface area contributed by atoms with E-state index in [1.165, 1.54) is 0 Å². The van der Waals surface area contributed by atoms with E-state index < -0.39 is 0 Å². The van der Waals surface area contributed by atoms with Gasteiger partial charge in [-0.3, -0.25) is 9.69 Å². The zero-order valence-electron chi connectivity index (χ0n) is 14.3. The van der Waals surface area contributed by atoms with Crippen molar-refractivity contribution in [2.24, 2.45) is 4.99 Å². The van der Waals surface area contributed by atoms with Gasteiger partial charge in [0.05, 0.1) is 0 Å². The number of carbonyl (C=O) groups is 1. The van der Waals surface area contributed by atoms with Crippen LogP contribution in [0.25, 0.3) is 6.08 Å². The molecule has 0 atom stereocenters. The second-order valence-corrected chi connectivity index (χ2v) is 8.09. The third kappa shape index (κ3) is 4.15. The van der Waals surface area contributed by atoms with Gasteiger partial charge in [-0.15, -0.1) is 0 Å². The van der Waals surface area contributed by atoms with Crippen molar-refractivity contribution < 1.29 is 9.53 Å². The summed E-state index contributed by atoms with van der Waals surface area (Å²) in [6.45, 7) is 1.08. The third-order valence-electron chi connectivity index (χ3n) is 4.24. The molecule has 0 unspecified atom stereocenters. The maximum absolute atomic E-state index is 12.5. The molecule has 1 amide bonds. The Morgan fingerprint density at radius 2 is 2.11 bits per heavy atom. The Morgan fingerprint density at radius 3 is 2.93 bits per heavy atom. The summed E-state index contributed by atoms with van der Waals surface area (Å²) in [6.07, 6.45) is 2.80. The van der Waals surface area contributed by atoms with Crippen LogP contribution in [0, 0.1) is 0 Å². The summed E-state index contributed by atoms with van der Waals surface area (Å²) in [4.78, 5) is 18.7. The van der Waals surface area contributed by atoms with E-state index in [1.807, 2.05) is 30.3 Å². The maximum Gasteiger partial charge on any atom is 0.278 e. The van der Waals surface area contributed by atoms with E-state index in [2.05, 4.69) is 4.99 Å². The van der Waals surface area contributed by atoms with Crippen molar-refractivity contribution in [1.29, 1.82) is 0 Å². The number of thioether (sulfide) groups is 1. The highest BCUT2D eigenvalue weighted by atomic mass is 35.5. The van der Waals surface area contributed by atoms with Gasteiger partial charge >= 0.3 is 0 Å². The minimum atomic E-state index is -0.0310. The summed E-state index contributed by atoms with van der Waals surface area (Å²) in [5.41, 5.74) is 2.20. The van der Waals surface area contributed by atoms with Gasteiger partial charge in [0.2, 0.25) is 0 Å². The largest absolute Gasteiger partial charge is 0.489 e. The molecule has 27 heavy (non-hydrogen) atoms. The maximum atomic E-state index is 12.5. The van der Waals surface area contributed by atoms with Gasteiger partial charge < -0.3 is 4.74 Å². The van der Waals surface area contributed by atoms with Crippen LogP contribution in [0.15, 0.2) is 53.2 Å². The Bertz CT molecular complexity index is 959. The van der Waals surface area contributed by atoms with Gasteiger partial charge in [0.25, 0.3) is 5.91 Å². The zero-order chi connectivity index (χ0) is 18.8. The lowest BCUT2D eigenvalue weighted by molar-refractivity contribution is -0.122. The van der Waals surface area contributed by atoms with E-state index in [9.17, 15) is 4.79 Å². The van der Waals surface area contributed by atoms with E-state index in [0.29, 0.717) is 28.1 Å². The van der Waals surface area contributed by atoms with Gasteiger partial charge in [-0.25, -0.2) is 4.99 Å². The number of hydrogen-bond donors (Lipinski definition) is 0. The fraction of sp³-hybridized carbons (Fsp3) is 0.200. The number of fused-ring (bicyclic) bond motifs is 1. The number of amidine groups is 1. The lowest BCUT2D eigenvalue weighted by atomic mass is 10.1. The van der Waals surface area contributed by atoms with E-state index in [4.69, 9.17) is 27.9 Å². The first-order chi connectivity index (χ1) is 13.1. The molecule has 0 saturated carbocycles. The summed E-state index contributed by atoms with van der Waals surface area (Å²) in [5.74, 6) is 1.67. The fourth-order valence-electron chi connectivity index (χ4n) is 2.88. The van der Waals surface area contributed by atoms with Crippen molar-refractivity contribution in [3.63, 3.8) is 0 Å². The smallest absolute Gasteiger partial charge is 0.278 e. The molecule has 4 nitrogen and oxygen atoms in total. The van der Waals surface area contributed by atoms with Gasteiger partial charge in [0, 0.05) is 27.9 Å². The molecular formula is C20H16Cl2N2O2S. The summed E-state index contributed by atoms with van der Waals surface area (Å²) < 4.78 is 5.85. The molecule has 2 aliphatic rings. The Kier molecular flexibility index (Phi) is 5.43. The molecule has 0 bridgehead atoms. The highest BCUT2D eigenvalue weighted by molar-refractivity contribution is 8.13. The Morgan fingerprint density at radius 1 is 1.22 bits per heavy atom. The average molecular weight is 419 g/mol. The molecule has 0 aromatic heterocycles. The number of nitrogens with zero attached hydrogens (tertiary/aromatic N) is 2. The van der Waals surface area contributed by atoms with E-state index in [1.54, 1.807) is 34.9 Å². The molecule has 2 aromatic carbocycles. The monoisotopic (exact) mass is 418 g/mol. The van der Waals surface area contributed by atoms with Crippen LogP contribution >= 0.6 is 35.0 Å². The first-order valence-corrected chi connectivity index (χ1v) is 10.3. The van der Waals surface area contributed by atoms with E-state index in [0.717, 1.165) is 35.0 Å². The quantitative estimate of drug-likeness (QED) is 0.636. The number of amides is 1. The predicted octanol–water partition coefficient (Wildman–Crippen LogP) is 5.25. The van der Waals surface area contributed by atoms with Crippen molar-refractivity contribution in [1.82, 2.24) is 4.90 Å². The van der Waals surface area contributed by atoms with Gasteiger partial charge in [0.1, 0.15) is 18.1 Å². The van der Waals surface area contributed by atoms with Gasteiger partial charge in [-0.05, 0) is 42.3 Å². The minimum absolute atomic E-state index is 0.0310. The number of aliphatic imine (C=N–C) groups is 1. The molecule has 1 fully saturated rings. The van der Waals surface area contributed by atoms with Crippen LogP contribution in [-0.4, -0.2) is 28.3 Å². The number of ether oxygens (including phenoxy) is 1. The predicted molar refractivity (Wildman–Crippen MR) is 111 cm³/mol. The number of carbonyl (C=O) groups excluding carboxylic acids is 1. The SMILES string of the molecule is O=C1/C(=C/c2cccc(OCc3ccc(Cl)cc3Cl)c2)N=C2SCCCN12. The van der Waals surface area contributed by atoms with Crippen LogP contribution < -0.4 is 4.74 Å². The molecule has 0 radical (unpaired) electrons. The normalized spacial score (nSPS) is 17.9. The minimum Gasteiger partial charge on any atom is -0.489 e. The molecule has 2 aromatic rings. The molecule has 138 valence electrons. The number of hydrogen-bond acceptors (Lipinski definition) is 4. The van der Waals surface area contributed by atoms with Crippen LogP contribution in [0.2, 0.25) is 10.0 Å². The van der Waals surface area contributed by atoms with Gasteiger partial charge in [0.15, 0.2) is 5.17 Å². The van der Waals surface area contributed by atoms with Crippen LogP contribution in [0.1, 0.15) is 17.5 Å². The fourth-order valence-corrected chi connectivity index (χ4v) is 4.29. The van der Waals surface area contributed by atoms with Crippen LogP contribution in [0.5, 0.6) is 5.75 Å². The van der Waals surface area contributed by atoms with Crippen LogP contribution in [0.4, 0.5) is 0 Å². The molecule has 2 aliphatic heterocycles. The Hall–Kier alpha value is -1.95. The van der Waals surface area contributed by atoms with Crippen molar-refractivity contribution in [3.8, 4) is 5.75 Å². The zero-order valence-corrected chi connectivity index (χ0v) is 16.7. The molecule has 0 N–H and O–H groups in total. The van der Waals surface area contributed by atoms with Crippen molar-refractivity contribution in [2.45, 2.75) is 13.0 Å². The molecular weight excluding hydrogens is 403 g/mol. The number of rotatable bonds is 4. The molecule has 0 spiro atoms. The van der Waals surface area contributed by atoms with Crippen molar-refractivity contribution in [3.05, 3.63) is 69.3 Å². The molecule has 7 heteroatoms. The molecule has 0 aliphatic carbocycles. The average Bonchev–Trinajstić information content (AvgIpc) is 2.97. The Labute approximate surface area is 171 Å². The lowest BCUT2D eigenvalue weighted by Crippen LogP contribution is -2.34. The van der Waals surface area contributed by atoms with Crippen molar-refractivity contribution in [2.75, 3.05) is 12.3 Å². The molecule has 1 saturated heterocycles. The second-order valence-electron chi connectivity index (χ2n) is 6.18. The van der Waals surface area contributed by atoms with Crippen molar-refractivity contribution >= 4 is 52.1 Å². The van der Waals surface area contributed by atoms with E-state index in [-0.39, 0.29) is 5.91 Å². The number of halogens is 2. The van der Waals surface area contributed by atoms with E-state index >= 15 is 0 Å². The molecule has 4 rings (SSSR count). The Balaban J connectivity index is 1.49. The second kappa shape index (κ2) is 7.97. The van der Waals surface area contributed by atoms with Gasteiger partial charge in [-0.2, -0.15) is 0 Å². The van der Waals surface area contributed by atoms with Gasteiger partial charge in [-0.1, -0.05) is 53.2 Å². The van der Waals surface area contributed by atoms with Crippen LogP contribution in [-0.2, 0) is 11.4 Å². The summed E-state index contributed by atoms with van der Waals surface area (Å²) in [5, 5.41) is 1.97. The number of benzene rings is 2. The summed E-state index contributed by atoms with van der Waals surface area (Å²) in [7, 11) is 0. The highest BCUT2D eigenvalue weighted by Gasteiger charge is 2.32. The topological polar surface area (TPSA) is 41.9 Å². The summed E-state index contributed by atoms with van der Waals surface area (Å²) in [6, 6.07) is 12.9.